The zero-order valence-electron chi connectivity index (χ0n) is 18.7. The fourth-order valence-electron chi connectivity index (χ4n) is 4.83. The average Bonchev–Trinajstić information content (AvgIpc) is 3.21. The Kier molecular flexibility index (Phi) is 6.22. The molecule has 0 amide bonds. The van der Waals surface area contributed by atoms with E-state index < -0.39 is 23.5 Å². The van der Waals surface area contributed by atoms with Crippen molar-refractivity contribution in [2.45, 2.75) is 28.5 Å². The van der Waals surface area contributed by atoms with Gasteiger partial charge in [0.05, 0.1) is 18.9 Å². The molecule has 7 heteroatoms. The van der Waals surface area contributed by atoms with Gasteiger partial charge in [-0.05, 0) is 23.3 Å². The van der Waals surface area contributed by atoms with Gasteiger partial charge in [-0.25, -0.2) is 4.79 Å². The first kappa shape index (κ1) is 22.4. The van der Waals surface area contributed by atoms with Gasteiger partial charge in [0.15, 0.2) is 5.54 Å². The summed E-state index contributed by atoms with van der Waals surface area (Å²) in [5.74, 6) is -0.532. The van der Waals surface area contributed by atoms with Crippen molar-refractivity contribution in [2.24, 2.45) is 5.10 Å². The molecule has 0 saturated carbocycles. The molecule has 0 spiro atoms. The second kappa shape index (κ2) is 9.44. The third-order valence-electron chi connectivity index (χ3n) is 6.40. The third-order valence-corrected chi connectivity index (χ3v) is 7.42. The van der Waals surface area contributed by atoms with Gasteiger partial charge in [-0.2, -0.15) is 5.10 Å². The van der Waals surface area contributed by atoms with Crippen molar-refractivity contribution in [3.05, 3.63) is 108 Å². The second-order valence-electron chi connectivity index (χ2n) is 8.26. The number of benzene rings is 2. The minimum atomic E-state index is -1.42. The van der Waals surface area contributed by atoms with Gasteiger partial charge in [0, 0.05) is 29.0 Å². The number of carbonyl (C=O) groups excluding carboxylic acids is 1. The van der Waals surface area contributed by atoms with Crippen molar-refractivity contribution >= 4 is 23.4 Å². The maximum Gasteiger partial charge on any atom is 0.337 e. The highest BCUT2D eigenvalue weighted by Gasteiger charge is 2.64. The van der Waals surface area contributed by atoms with Crippen LogP contribution in [0.2, 0.25) is 0 Å². The molecule has 34 heavy (non-hydrogen) atoms. The monoisotopic (exact) mass is 471 g/mol. The van der Waals surface area contributed by atoms with Crippen LogP contribution in [0.25, 0.3) is 0 Å². The maximum absolute atomic E-state index is 13.6. The number of carbonyl (C=O) groups is 1. The molecule has 0 radical (unpaired) electrons. The van der Waals surface area contributed by atoms with Gasteiger partial charge in [-0.1, -0.05) is 72.8 Å². The van der Waals surface area contributed by atoms with E-state index in [0.29, 0.717) is 11.5 Å². The SMILES string of the molecule is COC(=O)C12C(O)C(CSc3cccnc3)=NN1C(c1ccccc1)C=CC2c1ccccc1. The van der Waals surface area contributed by atoms with Crippen molar-refractivity contribution in [3.63, 3.8) is 0 Å². The summed E-state index contributed by atoms with van der Waals surface area (Å²) in [6.07, 6.45) is 6.42. The number of rotatable bonds is 6. The molecule has 4 unspecified atom stereocenters. The van der Waals surface area contributed by atoms with Crippen LogP contribution in [-0.2, 0) is 9.53 Å². The van der Waals surface area contributed by atoms with Crippen LogP contribution >= 0.6 is 11.8 Å². The Morgan fingerprint density at radius 2 is 1.74 bits per heavy atom. The molecule has 3 aromatic rings. The zero-order chi connectivity index (χ0) is 23.5. The summed E-state index contributed by atoms with van der Waals surface area (Å²) in [4.78, 5) is 18.7. The molecule has 1 N–H and O–H groups in total. The zero-order valence-corrected chi connectivity index (χ0v) is 19.5. The Bertz CT molecular complexity index is 1200. The largest absolute Gasteiger partial charge is 0.467 e. The van der Waals surface area contributed by atoms with Crippen LogP contribution in [0.1, 0.15) is 23.1 Å². The minimum Gasteiger partial charge on any atom is -0.467 e. The topological polar surface area (TPSA) is 75.0 Å². The Labute approximate surface area is 203 Å². The lowest BCUT2D eigenvalue weighted by atomic mass is 9.71. The van der Waals surface area contributed by atoms with Gasteiger partial charge in [-0.3, -0.25) is 9.99 Å². The summed E-state index contributed by atoms with van der Waals surface area (Å²) < 4.78 is 5.35. The first-order valence-electron chi connectivity index (χ1n) is 11.1. The maximum atomic E-state index is 13.6. The number of hydrogen-bond acceptors (Lipinski definition) is 7. The average molecular weight is 472 g/mol. The summed E-state index contributed by atoms with van der Waals surface area (Å²) in [6.45, 7) is 0. The number of nitrogens with zero attached hydrogens (tertiary/aromatic N) is 3. The van der Waals surface area contributed by atoms with Crippen molar-refractivity contribution < 1.29 is 14.6 Å². The first-order chi connectivity index (χ1) is 16.7. The van der Waals surface area contributed by atoms with E-state index in [2.05, 4.69) is 11.1 Å². The van der Waals surface area contributed by atoms with Crippen molar-refractivity contribution in [3.8, 4) is 0 Å². The predicted octanol–water partition coefficient (Wildman–Crippen LogP) is 4.21. The lowest BCUT2D eigenvalue weighted by molar-refractivity contribution is -0.163. The molecule has 4 atom stereocenters. The highest BCUT2D eigenvalue weighted by atomic mass is 32.2. The molecule has 2 aliphatic heterocycles. The molecule has 1 aromatic heterocycles. The smallest absolute Gasteiger partial charge is 0.337 e. The molecule has 0 saturated heterocycles. The van der Waals surface area contributed by atoms with E-state index in [9.17, 15) is 9.90 Å². The Balaban J connectivity index is 1.62. The second-order valence-corrected chi connectivity index (χ2v) is 9.31. The molecule has 6 nitrogen and oxygen atoms in total. The lowest BCUT2D eigenvalue weighted by Crippen LogP contribution is -2.63. The van der Waals surface area contributed by atoms with E-state index in [1.165, 1.54) is 18.9 Å². The third kappa shape index (κ3) is 3.71. The lowest BCUT2D eigenvalue weighted by Gasteiger charge is -2.47. The number of hydrogen-bond donors (Lipinski definition) is 1. The highest BCUT2D eigenvalue weighted by molar-refractivity contribution is 8.00. The molecule has 2 aliphatic rings. The van der Waals surface area contributed by atoms with Crippen LogP contribution in [-0.4, -0.2) is 51.3 Å². The van der Waals surface area contributed by atoms with E-state index in [1.807, 2.05) is 78.9 Å². The predicted molar refractivity (Wildman–Crippen MR) is 132 cm³/mol. The molecular weight excluding hydrogens is 446 g/mol. The van der Waals surface area contributed by atoms with Gasteiger partial charge < -0.3 is 9.84 Å². The van der Waals surface area contributed by atoms with Crippen LogP contribution in [0.4, 0.5) is 0 Å². The van der Waals surface area contributed by atoms with Crippen LogP contribution in [0.3, 0.4) is 0 Å². The molecule has 5 rings (SSSR count). The molecular formula is C27H25N3O3S. The Morgan fingerprint density at radius 1 is 1.03 bits per heavy atom. The summed E-state index contributed by atoms with van der Waals surface area (Å²) in [7, 11) is 1.36. The van der Waals surface area contributed by atoms with E-state index in [-0.39, 0.29) is 6.04 Å². The quantitative estimate of drug-likeness (QED) is 0.330. The molecule has 2 aromatic carbocycles. The molecule has 172 valence electrons. The van der Waals surface area contributed by atoms with E-state index in [4.69, 9.17) is 9.84 Å². The van der Waals surface area contributed by atoms with Crippen molar-refractivity contribution in [2.75, 3.05) is 12.9 Å². The minimum absolute atomic E-state index is 0.323. The van der Waals surface area contributed by atoms with Gasteiger partial charge in [0.25, 0.3) is 0 Å². The fourth-order valence-corrected chi connectivity index (χ4v) is 5.67. The number of aliphatic hydroxyl groups is 1. The Hall–Kier alpha value is -3.42. The van der Waals surface area contributed by atoms with E-state index in [0.717, 1.165) is 16.0 Å². The van der Waals surface area contributed by atoms with Gasteiger partial charge >= 0.3 is 5.97 Å². The van der Waals surface area contributed by atoms with Crippen molar-refractivity contribution in [1.82, 2.24) is 9.99 Å². The van der Waals surface area contributed by atoms with Gasteiger partial charge in [-0.15, -0.1) is 11.8 Å². The first-order valence-corrected chi connectivity index (χ1v) is 12.1. The van der Waals surface area contributed by atoms with E-state index in [1.54, 1.807) is 17.4 Å². The summed E-state index contributed by atoms with van der Waals surface area (Å²) in [5, 5.41) is 18.4. The summed E-state index contributed by atoms with van der Waals surface area (Å²) in [6, 6.07) is 23.1. The van der Waals surface area contributed by atoms with E-state index >= 15 is 0 Å². The molecule has 3 heterocycles. The number of thioether (sulfide) groups is 1. The van der Waals surface area contributed by atoms with Crippen molar-refractivity contribution in [1.29, 1.82) is 0 Å². The molecule has 0 fully saturated rings. The molecule has 0 aliphatic carbocycles. The number of fused-ring (bicyclic) bond motifs is 1. The number of methoxy groups -OCH3 is 1. The number of aromatic nitrogens is 1. The van der Waals surface area contributed by atoms with Crippen LogP contribution in [0.15, 0.2) is 107 Å². The van der Waals surface area contributed by atoms with Crippen LogP contribution in [0, 0.1) is 0 Å². The number of aliphatic hydroxyl groups excluding tert-OH is 1. The normalized spacial score (nSPS) is 25.5. The fraction of sp³-hybridized carbons (Fsp3) is 0.222. The standard InChI is InChI=1S/C27H25N3O3S/c1-33-26(32)27-22(19-9-4-2-5-10-19)14-15-24(20-11-6-3-7-12-20)30(27)29-23(25(27)31)18-34-21-13-8-16-28-17-21/h2-17,22,24-25,31H,18H2,1H3. The number of ether oxygens (including phenoxy) is 1. The van der Waals surface area contributed by atoms with Gasteiger partial charge in [0.2, 0.25) is 0 Å². The Morgan fingerprint density at radius 3 is 2.38 bits per heavy atom. The van der Waals surface area contributed by atoms with Crippen LogP contribution < -0.4 is 0 Å². The highest BCUT2D eigenvalue weighted by Crippen LogP contribution is 2.50. The summed E-state index contributed by atoms with van der Waals surface area (Å²) in [5.41, 5.74) is 1.01. The number of hydrazone groups is 1. The summed E-state index contributed by atoms with van der Waals surface area (Å²) >= 11 is 1.53. The molecule has 0 bridgehead atoms. The van der Waals surface area contributed by atoms with Crippen LogP contribution in [0.5, 0.6) is 0 Å². The number of pyridine rings is 1. The number of esters is 1. The van der Waals surface area contributed by atoms with Gasteiger partial charge in [0.1, 0.15) is 6.10 Å².